The summed E-state index contributed by atoms with van der Waals surface area (Å²) < 4.78 is 25.8. The highest BCUT2D eigenvalue weighted by Crippen LogP contribution is 2.30. The highest BCUT2D eigenvalue weighted by atomic mass is 32.2. The lowest BCUT2D eigenvalue weighted by Gasteiger charge is -2.28. The molecule has 1 amide bonds. The van der Waals surface area contributed by atoms with E-state index in [4.69, 9.17) is 0 Å². The summed E-state index contributed by atoms with van der Waals surface area (Å²) in [7, 11) is -3.06. The fraction of sp³-hybridized carbons (Fsp3) is 0.300. The number of sulfone groups is 1. The lowest BCUT2D eigenvalue weighted by molar-refractivity contribution is -0.130. The number of fused-ring (bicyclic) bond motifs is 1. The number of hydrogen-bond acceptors (Lipinski definition) is 6. The molecule has 0 N–H and O–H groups in total. The van der Waals surface area contributed by atoms with Crippen LogP contribution in [0.2, 0.25) is 0 Å². The second-order valence-electron chi connectivity index (χ2n) is 6.80. The van der Waals surface area contributed by atoms with E-state index in [1.165, 1.54) is 11.8 Å². The van der Waals surface area contributed by atoms with E-state index in [0.717, 1.165) is 20.1 Å². The first kappa shape index (κ1) is 19.4. The molecule has 5 nitrogen and oxygen atoms in total. The Labute approximate surface area is 172 Å². The highest BCUT2D eigenvalue weighted by molar-refractivity contribution is 8.01. The SMILES string of the molecule is O=C(CSc1nc2ccccc2s1)N(Cc1ccccc1)C1CCS(=O)(=O)C1. The van der Waals surface area contributed by atoms with E-state index in [0.29, 0.717) is 13.0 Å². The number of rotatable bonds is 6. The summed E-state index contributed by atoms with van der Waals surface area (Å²) in [6.07, 6.45) is 0.507. The maximum atomic E-state index is 13.0. The number of para-hydroxylation sites is 1. The predicted octanol–water partition coefficient (Wildman–Crippen LogP) is 3.60. The minimum atomic E-state index is -3.06. The summed E-state index contributed by atoms with van der Waals surface area (Å²) in [5, 5.41) is 0. The molecule has 1 saturated heterocycles. The minimum absolute atomic E-state index is 0.0461. The monoisotopic (exact) mass is 432 g/mol. The van der Waals surface area contributed by atoms with Crippen LogP contribution < -0.4 is 0 Å². The number of thiazole rings is 1. The fourth-order valence-electron chi connectivity index (χ4n) is 3.34. The van der Waals surface area contributed by atoms with E-state index < -0.39 is 9.84 Å². The maximum absolute atomic E-state index is 13.0. The van der Waals surface area contributed by atoms with Crippen molar-refractivity contribution in [3.63, 3.8) is 0 Å². The van der Waals surface area contributed by atoms with Gasteiger partial charge < -0.3 is 4.90 Å². The maximum Gasteiger partial charge on any atom is 0.233 e. The van der Waals surface area contributed by atoms with Gasteiger partial charge in [-0.05, 0) is 24.1 Å². The molecule has 0 saturated carbocycles. The number of nitrogens with zero attached hydrogens (tertiary/aromatic N) is 2. The van der Waals surface area contributed by atoms with Crippen LogP contribution in [0.1, 0.15) is 12.0 Å². The molecule has 146 valence electrons. The van der Waals surface area contributed by atoms with E-state index in [1.54, 1.807) is 16.2 Å². The Kier molecular flexibility index (Phi) is 5.70. The van der Waals surface area contributed by atoms with Gasteiger partial charge in [-0.3, -0.25) is 4.79 Å². The van der Waals surface area contributed by atoms with Crippen molar-refractivity contribution in [1.29, 1.82) is 0 Å². The predicted molar refractivity (Wildman–Crippen MR) is 114 cm³/mol. The zero-order valence-corrected chi connectivity index (χ0v) is 17.6. The molecule has 4 rings (SSSR count). The van der Waals surface area contributed by atoms with Gasteiger partial charge in [0.25, 0.3) is 0 Å². The quantitative estimate of drug-likeness (QED) is 0.557. The van der Waals surface area contributed by atoms with Crippen molar-refractivity contribution in [3.05, 3.63) is 60.2 Å². The van der Waals surface area contributed by atoms with Crippen molar-refractivity contribution in [2.45, 2.75) is 23.3 Å². The van der Waals surface area contributed by atoms with Crippen molar-refractivity contribution >= 4 is 49.1 Å². The second-order valence-corrected chi connectivity index (χ2v) is 11.3. The van der Waals surface area contributed by atoms with Crippen molar-refractivity contribution < 1.29 is 13.2 Å². The fourth-order valence-corrected chi connectivity index (χ4v) is 7.03. The molecule has 0 radical (unpaired) electrons. The number of amides is 1. The van der Waals surface area contributed by atoms with Crippen LogP contribution in [0.25, 0.3) is 10.2 Å². The lowest BCUT2D eigenvalue weighted by atomic mass is 10.1. The molecule has 2 heterocycles. The van der Waals surface area contributed by atoms with Gasteiger partial charge in [0.1, 0.15) is 0 Å². The number of carbonyl (C=O) groups excluding carboxylic acids is 1. The molecule has 0 bridgehead atoms. The molecule has 1 atom stereocenters. The summed E-state index contributed by atoms with van der Waals surface area (Å²) in [5.74, 6) is 0.414. The van der Waals surface area contributed by atoms with E-state index in [9.17, 15) is 13.2 Å². The third kappa shape index (κ3) is 4.56. The zero-order chi connectivity index (χ0) is 19.6. The molecular weight excluding hydrogens is 412 g/mol. The highest BCUT2D eigenvalue weighted by Gasteiger charge is 2.34. The first-order valence-corrected chi connectivity index (χ1v) is 12.6. The Morgan fingerprint density at radius 1 is 1.14 bits per heavy atom. The van der Waals surface area contributed by atoms with E-state index >= 15 is 0 Å². The summed E-state index contributed by atoms with van der Waals surface area (Å²) in [5.41, 5.74) is 1.94. The molecule has 1 unspecified atom stereocenters. The summed E-state index contributed by atoms with van der Waals surface area (Å²) in [6, 6.07) is 17.4. The molecule has 0 spiro atoms. The van der Waals surface area contributed by atoms with E-state index in [2.05, 4.69) is 4.98 Å². The zero-order valence-electron chi connectivity index (χ0n) is 15.2. The number of hydrogen-bond donors (Lipinski definition) is 0. The average molecular weight is 433 g/mol. The van der Waals surface area contributed by atoms with Crippen LogP contribution in [0, 0.1) is 0 Å². The van der Waals surface area contributed by atoms with Gasteiger partial charge in [-0.25, -0.2) is 13.4 Å². The van der Waals surface area contributed by atoms with Crippen molar-refractivity contribution in [2.24, 2.45) is 0 Å². The lowest BCUT2D eigenvalue weighted by Crippen LogP contribution is -2.41. The van der Waals surface area contributed by atoms with Crippen LogP contribution in [0.5, 0.6) is 0 Å². The molecular formula is C20H20N2O3S3. The van der Waals surface area contributed by atoms with Gasteiger partial charge in [0.05, 0.1) is 27.5 Å². The Bertz CT molecular complexity index is 1050. The average Bonchev–Trinajstić information content (AvgIpc) is 3.27. The molecule has 3 aromatic rings. The topological polar surface area (TPSA) is 67.3 Å². The smallest absolute Gasteiger partial charge is 0.233 e. The summed E-state index contributed by atoms with van der Waals surface area (Å²) >= 11 is 2.99. The molecule has 1 aromatic heterocycles. The van der Waals surface area contributed by atoms with Crippen LogP contribution in [-0.2, 0) is 21.2 Å². The number of aromatic nitrogens is 1. The van der Waals surface area contributed by atoms with Crippen LogP contribution in [0.3, 0.4) is 0 Å². The molecule has 1 fully saturated rings. The van der Waals surface area contributed by atoms with E-state index in [-0.39, 0.29) is 29.2 Å². The first-order valence-electron chi connectivity index (χ1n) is 9.02. The van der Waals surface area contributed by atoms with Gasteiger partial charge in [-0.1, -0.05) is 54.2 Å². The van der Waals surface area contributed by atoms with Crippen molar-refractivity contribution in [3.8, 4) is 0 Å². The largest absolute Gasteiger partial charge is 0.334 e. The Balaban J connectivity index is 1.49. The molecule has 2 aromatic carbocycles. The van der Waals surface area contributed by atoms with Gasteiger partial charge in [0, 0.05) is 12.6 Å². The van der Waals surface area contributed by atoms with Gasteiger partial charge in [0.2, 0.25) is 5.91 Å². The first-order chi connectivity index (χ1) is 13.5. The molecule has 28 heavy (non-hydrogen) atoms. The van der Waals surface area contributed by atoms with Crippen LogP contribution >= 0.6 is 23.1 Å². The van der Waals surface area contributed by atoms with Gasteiger partial charge >= 0.3 is 0 Å². The van der Waals surface area contributed by atoms with Gasteiger partial charge in [0.15, 0.2) is 14.2 Å². The van der Waals surface area contributed by atoms with Gasteiger partial charge in [-0.15, -0.1) is 11.3 Å². The van der Waals surface area contributed by atoms with Crippen LogP contribution in [-0.4, -0.2) is 47.5 Å². The van der Waals surface area contributed by atoms with Crippen molar-refractivity contribution in [2.75, 3.05) is 17.3 Å². The number of benzene rings is 2. The Hall–Kier alpha value is -1.90. The molecule has 0 aliphatic carbocycles. The minimum Gasteiger partial charge on any atom is -0.334 e. The Morgan fingerprint density at radius 2 is 1.89 bits per heavy atom. The normalized spacial score (nSPS) is 18.4. The summed E-state index contributed by atoms with van der Waals surface area (Å²) in [6.45, 7) is 0.431. The number of thioether (sulfide) groups is 1. The summed E-state index contributed by atoms with van der Waals surface area (Å²) in [4.78, 5) is 19.3. The van der Waals surface area contributed by atoms with Crippen LogP contribution in [0.4, 0.5) is 0 Å². The molecule has 1 aliphatic heterocycles. The van der Waals surface area contributed by atoms with E-state index in [1.807, 2.05) is 54.6 Å². The standard InChI is InChI=1S/C20H20N2O3S3/c23-19(13-26-20-21-17-8-4-5-9-18(17)27-20)22(12-15-6-2-1-3-7-15)16-10-11-28(24,25)14-16/h1-9,16H,10-14H2. The van der Waals surface area contributed by atoms with Crippen LogP contribution in [0.15, 0.2) is 58.9 Å². The third-order valence-corrected chi connectivity index (χ3v) is 8.67. The second kappa shape index (κ2) is 8.23. The number of carbonyl (C=O) groups is 1. The Morgan fingerprint density at radius 3 is 2.61 bits per heavy atom. The molecule has 1 aliphatic rings. The molecule has 8 heteroatoms. The van der Waals surface area contributed by atoms with Gasteiger partial charge in [-0.2, -0.15) is 0 Å². The van der Waals surface area contributed by atoms with Crippen molar-refractivity contribution in [1.82, 2.24) is 9.88 Å². The third-order valence-electron chi connectivity index (χ3n) is 4.76.